The van der Waals surface area contributed by atoms with Crippen LogP contribution in [0.5, 0.6) is 5.75 Å². The van der Waals surface area contributed by atoms with Crippen LogP contribution < -0.4 is 16.0 Å². The molecule has 0 unspecified atom stereocenters. The van der Waals surface area contributed by atoms with Crippen LogP contribution >= 0.6 is 0 Å². The molecule has 9 heteroatoms. The van der Waals surface area contributed by atoms with Crippen molar-refractivity contribution < 1.29 is 13.9 Å². The zero-order valence-corrected chi connectivity index (χ0v) is 17.8. The first-order valence-corrected chi connectivity index (χ1v) is 9.97. The number of Topliss-reactive ketones (excluding diaryl/α,β-unsaturated/α-hetero) is 1. The lowest BCUT2D eigenvalue weighted by molar-refractivity contribution is 0.0973. The number of benzene rings is 2. The van der Waals surface area contributed by atoms with Gasteiger partial charge in [-0.15, -0.1) is 0 Å². The number of nitrogens with zero attached hydrogens (tertiary/aromatic N) is 4. The molecule has 0 saturated carbocycles. The molecule has 4 aromatic rings. The van der Waals surface area contributed by atoms with Crippen molar-refractivity contribution in [1.82, 2.24) is 18.7 Å². The number of hydrogen-bond donors (Lipinski definition) is 0. The van der Waals surface area contributed by atoms with Crippen LogP contribution in [0.2, 0.25) is 0 Å². The van der Waals surface area contributed by atoms with E-state index in [2.05, 4.69) is 4.98 Å². The predicted octanol–water partition coefficient (Wildman–Crippen LogP) is 2.96. The van der Waals surface area contributed by atoms with Gasteiger partial charge in [-0.05, 0) is 62.4 Å². The van der Waals surface area contributed by atoms with E-state index in [4.69, 9.17) is 4.74 Å². The third kappa shape index (κ3) is 3.62. The molecule has 2 aromatic heterocycles. The maximum absolute atomic E-state index is 13.4. The van der Waals surface area contributed by atoms with Gasteiger partial charge in [0.05, 0.1) is 25.7 Å². The Balaban J connectivity index is 1.88. The van der Waals surface area contributed by atoms with Crippen molar-refractivity contribution >= 4 is 16.9 Å². The fourth-order valence-electron chi connectivity index (χ4n) is 3.57. The highest BCUT2D eigenvalue weighted by molar-refractivity contribution is 5.96. The second-order valence-corrected chi connectivity index (χ2v) is 7.56. The van der Waals surface area contributed by atoms with Crippen LogP contribution in [0.1, 0.15) is 30.2 Å². The molecule has 0 fully saturated rings. The minimum absolute atomic E-state index is 0.103. The molecule has 0 aliphatic rings. The molecule has 0 spiro atoms. The summed E-state index contributed by atoms with van der Waals surface area (Å²) < 4.78 is 22.3. The molecule has 0 aliphatic carbocycles. The van der Waals surface area contributed by atoms with Crippen LogP contribution in [-0.2, 0) is 6.54 Å². The summed E-state index contributed by atoms with van der Waals surface area (Å²) in [5.41, 5.74) is -0.101. The van der Waals surface area contributed by atoms with Crippen LogP contribution in [0.15, 0.2) is 64.4 Å². The molecule has 0 saturated heterocycles. The highest BCUT2D eigenvalue weighted by atomic mass is 19.1. The number of carbonyl (C=O) groups is 1. The van der Waals surface area contributed by atoms with Crippen molar-refractivity contribution in [2.75, 3.05) is 7.11 Å². The highest BCUT2D eigenvalue weighted by Crippen LogP contribution is 2.17. The summed E-state index contributed by atoms with van der Waals surface area (Å²) in [6.07, 6.45) is 1.36. The summed E-state index contributed by atoms with van der Waals surface area (Å²) in [5, 5.41) is 0. The van der Waals surface area contributed by atoms with E-state index in [-0.39, 0.29) is 23.5 Å². The van der Waals surface area contributed by atoms with Gasteiger partial charge in [0.25, 0.3) is 5.56 Å². The second-order valence-electron chi connectivity index (χ2n) is 7.56. The van der Waals surface area contributed by atoms with E-state index >= 15 is 0 Å². The molecule has 164 valence electrons. The van der Waals surface area contributed by atoms with Gasteiger partial charge in [-0.3, -0.25) is 14.2 Å². The summed E-state index contributed by atoms with van der Waals surface area (Å²) in [5.74, 6) is -0.0643. The van der Waals surface area contributed by atoms with Crippen molar-refractivity contribution in [3.05, 3.63) is 87.1 Å². The summed E-state index contributed by atoms with van der Waals surface area (Å²) >= 11 is 0. The molecule has 2 heterocycles. The van der Waals surface area contributed by atoms with Crippen molar-refractivity contribution in [3.63, 3.8) is 0 Å². The van der Waals surface area contributed by atoms with Crippen molar-refractivity contribution in [1.29, 1.82) is 0 Å². The fraction of sp³-hybridized carbons (Fsp3) is 0.217. The molecule has 4 rings (SSSR count). The molecular weight excluding hydrogens is 415 g/mol. The van der Waals surface area contributed by atoms with Gasteiger partial charge >= 0.3 is 5.69 Å². The molecule has 0 amide bonds. The van der Waals surface area contributed by atoms with Crippen LogP contribution in [-0.4, -0.2) is 31.6 Å². The first kappa shape index (κ1) is 21.2. The van der Waals surface area contributed by atoms with Crippen LogP contribution in [0.3, 0.4) is 0 Å². The number of fused-ring (bicyclic) bond motifs is 1. The molecule has 8 nitrogen and oxygen atoms in total. The van der Waals surface area contributed by atoms with E-state index in [9.17, 15) is 18.8 Å². The van der Waals surface area contributed by atoms with Gasteiger partial charge in [-0.1, -0.05) is 0 Å². The molecule has 0 atom stereocenters. The molecular formula is C23H21FN4O4. The van der Waals surface area contributed by atoms with Gasteiger partial charge in [0, 0.05) is 11.6 Å². The monoisotopic (exact) mass is 436 g/mol. The SMILES string of the molecule is COc1ccc(C(=O)Cn2cnc3c2c(=O)n(C(C)C)c(=O)n3-c2ccc(F)cc2)cc1. The van der Waals surface area contributed by atoms with E-state index < -0.39 is 23.1 Å². The summed E-state index contributed by atoms with van der Waals surface area (Å²) in [6.45, 7) is 3.29. The maximum Gasteiger partial charge on any atom is 0.337 e. The van der Waals surface area contributed by atoms with Gasteiger partial charge in [-0.2, -0.15) is 0 Å². The lowest BCUT2D eigenvalue weighted by atomic mass is 10.1. The van der Waals surface area contributed by atoms with E-state index in [1.807, 2.05) is 0 Å². The molecule has 0 bridgehead atoms. The first-order chi connectivity index (χ1) is 15.3. The van der Waals surface area contributed by atoms with Gasteiger partial charge in [0.2, 0.25) is 0 Å². The quantitative estimate of drug-likeness (QED) is 0.434. The zero-order chi connectivity index (χ0) is 23.0. The molecule has 32 heavy (non-hydrogen) atoms. The van der Waals surface area contributed by atoms with E-state index in [1.165, 1.54) is 46.8 Å². The van der Waals surface area contributed by atoms with Gasteiger partial charge in [0.1, 0.15) is 11.6 Å². The lowest BCUT2D eigenvalue weighted by Gasteiger charge is -2.14. The Bertz CT molecular complexity index is 1410. The van der Waals surface area contributed by atoms with Crippen LogP contribution in [0.25, 0.3) is 16.9 Å². The predicted molar refractivity (Wildman–Crippen MR) is 117 cm³/mol. The molecule has 2 aromatic carbocycles. The minimum atomic E-state index is -0.587. The molecule has 0 radical (unpaired) electrons. The highest BCUT2D eigenvalue weighted by Gasteiger charge is 2.21. The number of ether oxygens (including phenoxy) is 1. The number of rotatable bonds is 6. The molecule has 0 N–H and O–H groups in total. The molecule has 0 aliphatic heterocycles. The second kappa shape index (κ2) is 8.26. The van der Waals surface area contributed by atoms with Crippen molar-refractivity contribution in [3.8, 4) is 11.4 Å². The number of methoxy groups -OCH3 is 1. The third-order valence-corrected chi connectivity index (χ3v) is 5.18. The normalized spacial score (nSPS) is 11.3. The van der Waals surface area contributed by atoms with Crippen molar-refractivity contribution in [2.45, 2.75) is 26.4 Å². The average molecular weight is 436 g/mol. The Labute approximate surface area is 182 Å². The smallest absolute Gasteiger partial charge is 0.337 e. The lowest BCUT2D eigenvalue weighted by Crippen LogP contribution is -2.41. The van der Waals surface area contributed by atoms with Gasteiger partial charge in [-0.25, -0.2) is 18.7 Å². The van der Waals surface area contributed by atoms with E-state index in [0.717, 1.165) is 4.57 Å². The number of aromatic nitrogens is 4. The fourth-order valence-corrected chi connectivity index (χ4v) is 3.57. The van der Waals surface area contributed by atoms with Crippen molar-refractivity contribution in [2.24, 2.45) is 0 Å². The number of carbonyl (C=O) groups excluding carboxylic acids is 1. The van der Waals surface area contributed by atoms with E-state index in [0.29, 0.717) is 17.0 Å². The third-order valence-electron chi connectivity index (χ3n) is 5.18. The van der Waals surface area contributed by atoms with Gasteiger partial charge in [0.15, 0.2) is 16.9 Å². The minimum Gasteiger partial charge on any atom is -0.497 e. The summed E-state index contributed by atoms with van der Waals surface area (Å²) in [7, 11) is 1.54. The number of ketones is 1. The average Bonchev–Trinajstić information content (AvgIpc) is 3.18. The van der Waals surface area contributed by atoms with E-state index in [1.54, 1.807) is 38.1 Å². The summed E-state index contributed by atoms with van der Waals surface area (Å²) in [6, 6.07) is 11.5. The Hall–Kier alpha value is -4.01. The Morgan fingerprint density at radius 1 is 1.06 bits per heavy atom. The first-order valence-electron chi connectivity index (χ1n) is 9.97. The number of imidazole rings is 1. The van der Waals surface area contributed by atoms with Crippen LogP contribution in [0.4, 0.5) is 4.39 Å². The number of halogens is 1. The number of hydrogen-bond acceptors (Lipinski definition) is 5. The largest absolute Gasteiger partial charge is 0.497 e. The Kier molecular flexibility index (Phi) is 5.48. The maximum atomic E-state index is 13.4. The zero-order valence-electron chi connectivity index (χ0n) is 17.8. The standard InChI is InChI=1S/C23H21FN4O4/c1-14(2)27-22(30)20-21(28(23(27)31)17-8-6-16(24)7-9-17)25-13-26(20)12-19(29)15-4-10-18(32-3)11-5-15/h4-11,13-14H,12H2,1-3H3. The van der Waals surface area contributed by atoms with Crippen LogP contribution in [0, 0.1) is 5.82 Å². The summed E-state index contributed by atoms with van der Waals surface area (Å²) in [4.78, 5) is 43.5. The van der Waals surface area contributed by atoms with Gasteiger partial charge < -0.3 is 9.30 Å². The topological polar surface area (TPSA) is 88.1 Å². The Morgan fingerprint density at radius 2 is 1.72 bits per heavy atom. The Morgan fingerprint density at radius 3 is 2.31 bits per heavy atom.